The lowest BCUT2D eigenvalue weighted by Gasteiger charge is -2.31. The van der Waals surface area contributed by atoms with Crippen LogP contribution in [0.15, 0.2) is 4.99 Å². The number of rotatable bonds is 2. The molecule has 0 N–H and O–H groups in total. The van der Waals surface area contributed by atoms with Gasteiger partial charge in [0, 0.05) is 26.2 Å². The van der Waals surface area contributed by atoms with Gasteiger partial charge in [0.05, 0.1) is 5.54 Å². The zero-order valence-electron chi connectivity index (χ0n) is 11.7. The highest BCUT2D eigenvalue weighted by molar-refractivity contribution is 5.81. The first-order chi connectivity index (χ1) is 8.12. The third-order valence-electron chi connectivity index (χ3n) is 4.05. The fourth-order valence-electron chi connectivity index (χ4n) is 2.53. The van der Waals surface area contributed by atoms with Crippen LogP contribution in [0.3, 0.4) is 0 Å². The summed E-state index contributed by atoms with van der Waals surface area (Å²) in [5.41, 5.74) is 0.0838. The first-order valence-corrected chi connectivity index (χ1v) is 7.22. The summed E-state index contributed by atoms with van der Waals surface area (Å²) in [7, 11) is 0. The van der Waals surface area contributed by atoms with E-state index < -0.39 is 0 Å². The van der Waals surface area contributed by atoms with E-state index in [9.17, 15) is 0 Å². The molecule has 2 saturated heterocycles. The minimum absolute atomic E-state index is 0.0838. The molecule has 2 heterocycles. The van der Waals surface area contributed by atoms with Gasteiger partial charge < -0.3 is 9.80 Å². The van der Waals surface area contributed by atoms with E-state index in [0.717, 1.165) is 6.42 Å². The van der Waals surface area contributed by atoms with E-state index >= 15 is 0 Å². The van der Waals surface area contributed by atoms with Gasteiger partial charge in [-0.15, -0.1) is 0 Å². The lowest BCUT2D eigenvalue weighted by atomic mass is 10.0. The van der Waals surface area contributed by atoms with E-state index in [1.54, 1.807) is 0 Å². The summed E-state index contributed by atoms with van der Waals surface area (Å²) in [6, 6.07) is 0. The minimum Gasteiger partial charge on any atom is -0.343 e. The van der Waals surface area contributed by atoms with E-state index in [-0.39, 0.29) is 5.54 Å². The lowest BCUT2D eigenvalue weighted by molar-refractivity contribution is 0.374. The van der Waals surface area contributed by atoms with Crippen LogP contribution < -0.4 is 0 Å². The van der Waals surface area contributed by atoms with Crippen LogP contribution in [0.2, 0.25) is 0 Å². The van der Waals surface area contributed by atoms with E-state index in [2.05, 4.69) is 30.6 Å². The molecule has 0 bridgehead atoms. The van der Waals surface area contributed by atoms with Crippen molar-refractivity contribution in [2.24, 2.45) is 4.99 Å². The summed E-state index contributed by atoms with van der Waals surface area (Å²) in [5, 5.41) is 0. The molecule has 2 aliphatic heterocycles. The van der Waals surface area contributed by atoms with Gasteiger partial charge in [0.1, 0.15) is 0 Å². The van der Waals surface area contributed by atoms with Crippen LogP contribution in [0, 0.1) is 0 Å². The summed E-state index contributed by atoms with van der Waals surface area (Å²) in [6.45, 7) is 11.5. The second-order valence-electron chi connectivity index (χ2n) is 5.97. The molecular formula is C14H27N3. The van der Waals surface area contributed by atoms with Gasteiger partial charge in [0.2, 0.25) is 0 Å². The van der Waals surface area contributed by atoms with E-state index in [1.807, 2.05) is 0 Å². The molecule has 2 rings (SSSR count). The molecule has 0 aliphatic carbocycles. The van der Waals surface area contributed by atoms with Crippen molar-refractivity contribution in [3.63, 3.8) is 0 Å². The van der Waals surface area contributed by atoms with Gasteiger partial charge in [0.15, 0.2) is 5.96 Å². The average Bonchev–Trinajstić information content (AvgIpc) is 2.99. The highest BCUT2D eigenvalue weighted by atomic mass is 15.4. The molecule has 0 aromatic rings. The molecule has 3 nitrogen and oxygen atoms in total. The van der Waals surface area contributed by atoms with Gasteiger partial charge in [-0.05, 0) is 46.0 Å². The highest BCUT2D eigenvalue weighted by Gasteiger charge is 2.26. The molecule has 0 aromatic heterocycles. The van der Waals surface area contributed by atoms with Gasteiger partial charge >= 0.3 is 0 Å². The molecule has 0 amide bonds. The smallest absolute Gasteiger partial charge is 0.197 e. The Morgan fingerprint density at radius 1 is 0.941 bits per heavy atom. The van der Waals surface area contributed by atoms with Crippen molar-refractivity contribution in [2.75, 3.05) is 26.2 Å². The van der Waals surface area contributed by atoms with Crippen LogP contribution in [0.25, 0.3) is 0 Å². The fraction of sp³-hybridized carbons (Fsp3) is 0.929. The Hall–Kier alpha value is -0.730. The normalized spacial score (nSPS) is 21.1. The highest BCUT2D eigenvalue weighted by Crippen LogP contribution is 2.20. The number of aliphatic imine (C=N–C) groups is 1. The van der Waals surface area contributed by atoms with Gasteiger partial charge in [0.25, 0.3) is 0 Å². The maximum Gasteiger partial charge on any atom is 0.197 e. The molecule has 2 fully saturated rings. The van der Waals surface area contributed by atoms with Gasteiger partial charge in [-0.25, -0.2) is 4.99 Å². The summed E-state index contributed by atoms with van der Waals surface area (Å²) in [5.74, 6) is 1.28. The van der Waals surface area contributed by atoms with Crippen LogP contribution in [0.5, 0.6) is 0 Å². The van der Waals surface area contributed by atoms with Crippen LogP contribution in [-0.4, -0.2) is 47.5 Å². The van der Waals surface area contributed by atoms with Crippen LogP contribution in [0.1, 0.15) is 52.9 Å². The third kappa shape index (κ3) is 3.14. The van der Waals surface area contributed by atoms with Crippen LogP contribution in [-0.2, 0) is 0 Å². The van der Waals surface area contributed by atoms with Crippen molar-refractivity contribution in [3.8, 4) is 0 Å². The van der Waals surface area contributed by atoms with Crippen molar-refractivity contribution < 1.29 is 0 Å². The standard InChI is InChI=1S/C14H27N3/c1-4-14(2,3)15-13(16-9-5-6-10-16)17-11-7-8-12-17/h4-12H2,1-3H3. The summed E-state index contributed by atoms with van der Waals surface area (Å²) < 4.78 is 0. The van der Waals surface area contributed by atoms with Crippen LogP contribution in [0.4, 0.5) is 0 Å². The topological polar surface area (TPSA) is 18.8 Å². The predicted octanol–water partition coefficient (Wildman–Crippen LogP) is 2.72. The maximum absolute atomic E-state index is 5.06. The Labute approximate surface area is 106 Å². The number of guanidine groups is 1. The zero-order chi connectivity index (χ0) is 12.3. The van der Waals surface area contributed by atoms with Crippen LogP contribution >= 0.6 is 0 Å². The van der Waals surface area contributed by atoms with Gasteiger partial charge in [-0.1, -0.05) is 6.92 Å². The third-order valence-corrected chi connectivity index (χ3v) is 4.05. The van der Waals surface area contributed by atoms with Crippen molar-refractivity contribution in [1.29, 1.82) is 0 Å². The minimum atomic E-state index is 0.0838. The Kier molecular flexibility index (Phi) is 3.95. The van der Waals surface area contributed by atoms with E-state index in [4.69, 9.17) is 4.99 Å². The molecule has 0 aromatic carbocycles. The molecule has 0 saturated carbocycles. The fourth-order valence-corrected chi connectivity index (χ4v) is 2.53. The quantitative estimate of drug-likeness (QED) is 0.543. The molecule has 0 atom stereocenters. The molecule has 17 heavy (non-hydrogen) atoms. The number of likely N-dealkylation sites (tertiary alicyclic amines) is 2. The zero-order valence-corrected chi connectivity index (χ0v) is 11.7. The second kappa shape index (κ2) is 5.28. The monoisotopic (exact) mass is 237 g/mol. The Morgan fingerprint density at radius 2 is 1.35 bits per heavy atom. The number of hydrogen-bond donors (Lipinski definition) is 0. The predicted molar refractivity (Wildman–Crippen MR) is 73.4 cm³/mol. The molecule has 0 spiro atoms. The van der Waals surface area contributed by atoms with Gasteiger partial charge in [-0.3, -0.25) is 0 Å². The summed E-state index contributed by atoms with van der Waals surface area (Å²) in [4.78, 5) is 10.1. The maximum atomic E-state index is 5.06. The number of hydrogen-bond acceptors (Lipinski definition) is 1. The van der Waals surface area contributed by atoms with Crippen molar-refractivity contribution >= 4 is 5.96 Å². The molecule has 98 valence electrons. The summed E-state index contributed by atoms with van der Waals surface area (Å²) >= 11 is 0. The summed E-state index contributed by atoms with van der Waals surface area (Å²) in [6.07, 6.45) is 6.44. The SMILES string of the molecule is CCC(C)(C)N=C(N1CCCC1)N1CCCC1. The van der Waals surface area contributed by atoms with Crippen molar-refractivity contribution in [3.05, 3.63) is 0 Å². The molecule has 0 unspecified atom stereocenters. The Bertz CT molecular complexity index is 253. The lowest BCUT2D eigenvalue weighted by Crippen LogP contribution is -2.43. The molecule has 2 aliphatic rings. The molecule has 3 heteroatoms. The largest absolute Gasteiger partial charge is 0.343 e. The average molecular weight is 237 g/mol. The van der Waals surface area contributed by atoms with Crippen molar-refractivity contribution in [1.82, 2.24) is 9.80 Å². The van der Waals surface area contributed by atoms with E-state index in [0.29, 0.717) is 0 Å². The first-order valence-electron chi connectivity index (χ1n) is 7.22. The van der Waals surface area contributed by atoms with Gasteiger partial charge in [-0.2, -0.15) is 0 Å². The first kappa shape index (κ1) is 12.7. The second-order valence-corrected chi connectivity index (χ2v) is 5.97. The number of nitrogens with zero attached hydrogens (tertiary/aromatic N) is 3. The molecular weight excluding hydrogens is 210 g/mol. The Morgan fingerprint density at radius 3 is 1.71 bits per heavy atom. The molecule has 0 radical (unpaired) electrons. The Balaban J connectivity index is 2.16. The van der Waals surface area contributed by atoms with Crippen molar-refractivity contribution in [2.45, 2.75) is 58.4 Å². The van der Waals surface area contributed by atoms with E-state index in [1.165, 1.54) is 57.8 Å².